The van der Waals surface area contributed by atoms with Crippen LogP contribution in [0.3, 0.4) is 0 Å². The highest BCUT2D eigenvalue weighted by atomic mass is 35.5. The number of halogens is 3. The molecule has 4 rings (SSSR count). The standard InChI is InChI=1S/C22H27ClF2N4O/c1-15-16(3-2-4-19(15)23)13-18(30)7-8-20-26-27-21(29(20)17-5-6-17)9-11-28-12-10-22(24,25)14-28/h2-4,17H,5-14H2,1H3. The van der Waals surface area contributed by atoms with Gasteiger partial charge in [-0.25, -0.2) is 8.78 Å². The van der Waals surface area contributed by atoms with Gasteiger partial charge in [0.1, 0.15) is 17.4 Å². The summed E-state index contributed by atoms with van der Waals surface area (Å²) in [5.41, 5.74) is 1.91. The Labute approximate surface area is 180 Å². The van der Waals surface area contributed by atoms with Crippen LogP contribution in [0, 0.1) is 6.92 Å². The molecule has 162 valence electrons. The van der Waals surface area contributed by atoms with Crippen molar-refractivity contribution in [2.75, 3.05) is 19.6 Å². The summed E-state index contributed by atoms with van der Waals surface area (Å²) < 4.78 is 29.0. The molecule has 1 aliphatic heterocycles. The number of carbonyl (C=O) groups is 1. The molecule has 2 heterocycles. The summed E-state index contributed by atoms with van der Waals surface area (Å²) in [4.78, 5) is 14.3. The van der Waals surface area contributed by atoms with Crippen LogP contribution < -0.4 is 0 Å². The van der Waals surface area contributed by atoms with E-state index in [1.807, 2.05) is 25.1 Å². The number of benzene rings is 1. The van der Waals surface area contributed by atoms with Crippen molar-refractivity contribution in [2.45, 2.75) is 63.8 Å². The second kappa shape index (κ2) is 8.71. The Morgan fingerprint density at radius 1 is 1.23 bits per heavy atom. The second-order valence-corrected chi connectivity index (χ2v) is 8.91. The minimum atomic E-state index is -2.57. The summed E-state index contributed by atoms with van der Waals surface area (Å²) in [5, 5.41) is 9.34. The van der Waals surface area contributed by atoms with Gasteiger partial charge in [0.25, 0.3) is 5.92 Å². The number of alkyl halides is 2. The highest BCUT2D eigenvalue weighted by molar-refractivity contribution is 6.31. The van der Waals surface area contributed by atoms with E-state index in [1.54, 1.807) is 4.90 Å². The van der Waals surface area contributed by atoms with Crippen LogP contribution in [0.4, 0.5) is 8.78 Å². The van der Waals surface area contributed by atoms with Crippen LogP contribution in [0.15, 0.2) is 18.2 Å². The van der Waals surface area contributed by atoms with E-state index in [0.29, 0.717) is 49.8 Å². The molecule has 0 bridgehead atoms. The zero-order chi connectivity index (χ0) is 21.3. The summed E-state index contributed by atoms with van der Waals surface area (Å²) in [6, 6.07) is 6.01. The summed E-state index contributed by atoms with van der Waals surface area (Å²) in [7, 11) is 0. The van der Waals surface area contributed by atoms with Crippen LogP contribution in [0.2, 0.25) is 5.02 Å². The molecule has 1 saturated carbocycles. The summed E-state index contributed by atoms with van der Waals surface area (Å²) in [5.74, 6) is -0.750. The fourth-order valence-corrected chi connectivity index (χ4v) is 4.30. The van der Waals surface area contributed by atoms with Crippen LogP contribution in [0.5, 0.6) is 0 Å². The Bertz CT molecular complexity index is 926. The van der Waals surface area contributed by atoms with E-state index in [-0.39, 0.29) is 18.7 Å². The molecule has 0 N–H and O–H groups in total. The first-order chi connectivity index (χ1) is 14.3. The number of likely N-dealkylation sites (tertiary alicyclic amines) is 1. The Kier molecular flexibility index (Phi) is 6.21. The van der Waals surface area contributed by atoms with Crippen LogP contribution >= 0.6 is 11.6 Å². The molecule has 0 radical (unpaired) electrons. The number of hydrogen-bond donors (Lipinski definition) is 0. The molecule has 0 atom stereocenters. The molecule has 1 aromatic carbocycles. The third-order valence-electron chi connectivity index (χ3n) is 6.04. The maximum atomic E-state index is 13.4. The molecule has 5 nitrogen and oxygen atoms in total. The van der Waals surface area contributed by atoms with E-state index in [4.69, 9.17) is 11.6 Å². The van der Waals surface area contributed by atoms with Crippen LogP contribution in [-0.2, 0) is 24.1 Å². The molecule has 0 amide bonds. The highest BCUT2D eigenvalue weighted by Crippen LogP contribution is 2.37. The number of hydrogen-bond acceptors (Lipinski definition) is 4. The predicted molar refractivity (Wildman–Crippen MR) is 111 cm³/mol. The van der Waals surface area contributed by atoms with Gasteiger partial charge in [0.2, 0.25) is 0 Å². The predicted octanol–water partition coefficient (Wildman–Crippen LogP) is 4.20. The Morgan fingerprint density at radius 3 is 2.63 bits per heavy atom. The van der Waals surface area contributed by atoms with E-state index >= 15 is 0 Å². The molecule has 0 unspecified atom stereocenters. The zero-order valence-corrected chi connectivity index (χ0v) is 18.0. The summed E-state index contributed by atoms with van der Waals surface area (Å²) in [6.07, 6.45) is 4.00. The number of carbonyl (C=O) groups excluding carboxylic acids is 1. The van der Waals surface area contributed by atoms with Crippen molar-refractivity contribution >= 4 is 17.4 Å². The Hall–Kier alpha value is -1.86. The van der Waals surface area contributed by atoms with Gasteiger partial charge in [0.15, 0.2) is 0 Å². The molecular formula is C22H27ClF2N4O. The van der Waals surface area contributed by atoms with Gasteiger partial charge in [-0.2, -0.15) is 0 Å². The quantitative estimate of drug-likeness (QED) is 0.591. The van der Waals surface area contributed by atoms with Gasteiger partial charge < -0.3 is 4.57 Å². The zero-order valence-electron chi connectivity index (χ0n) is 17.2. The smallest absolute Gasteiger partial charge is 0.261 e. The van der Waals surface area contributed by atoms with Gasteiger partial charge in [0.05, 0.1) is 6.54 Å². The summed E-state index contributed by atoms with van der Waals surface area (Å²) >= 11 is 6.15. The second-order valence-electron chi connectivity index (χ2n) is 8.51. The lowest BCUT2D eigenvalue weighted by Gasteiger charge is -2.15. The lowest BCUT2D eigenvalue weighted by atomic mass is 10.0. The van der Waals surface area contributed by atoms with Crippen LogP contribution in [-0.4, -0.2) is 51.0 Å². The normalized spacial score (nSPS) is 18.8. The Balaban J connectivity index is 1.35. The average Bonchev–Trinajstić information content (AvgIpc) is 3.36. The van der Waals surface area contributed by atoms with Crippen molar-refractivity contribution < 1.29 is 13.6 Å². The van der Waals surface area contributed by atoms with Crippen molar-refractivity contribution in [3.63, 3.8) is 0 Å². The molecule has 30 heavy (non-hydrogen) atoms. The van der Waals surface area contributed by atoms with Gasteiger partial charge >= 0.3 is 0 Å². The van der Waals surface area contributed by atoms with Crippen molar-refractivity contribution in [3.8, 4) is 0 Å². The summed E-state index contributed by atoms with van der Waals surface area (Å²) in [6.45, 7) is 2.74. The van der Waals surface area contributed by atoms with Crippen LogP contribution in [0.25, 0.3) is 0 Å². The molecule has 1 aromatic heterocycles. The molecular weight excluding hydrogens is 410 g/mol. The number of Topliss-reactive ketones (excluding diaryl/α,β-unsaturated/α-hetero) is 1. The van der Waals surface area contributed by atoms with E-state index < -0.39 is 5.92 Å². The first kappa shape index (κ1) is 21.4. The van der Waals surface area contributed by atoms with Gasteiger partial charge in [-0.05, 0) is 37.0 Å². The van der Waals surface area contributed by atoms with E-state index in [9.17, 15) is 13.6 Å². The number of nitrogens with zero attached hydrogens (tertiary/aromatic N) is 4. The topological polar surface area (TPSA) is 51.0 Å². The number of rotatable bonds is 9. The maximum absolute atomic E-state index is 13.4. The van der Waals surface area contributed by atoms with Crippen molar-refractivity contribution in [1.82, 2.24) is 19.7 Å². The van der Waals surface area contributed by atoms with Gasteiger partial charge in [-0.15, -0.1) is 10.2 Å². The minimum Gasteiger partial charge on any atom is -0.312 e. The fraction of sp³-hybridized carbons (Fsp3) is 0.591. The van der Waals surface area contributed by atoms with Crippen molar-refractivity contribution in [3.05, 3.63) is 46.0 Å². The molecule has 0 spiro atoms. The molecule has 1 aliphatic carbocycles. The van der Waals surface area contributed by atoms with Crippen LogP contribution in [0.1, 0.15) is 54.5 Å². The molecule has 2 aliphatic rings. The fourth-order valence-electron chi connectivity index (χ4n) is 4.11. The SMILES string of the molecule is Cc1c(Cl)cccc1CC(=O)CCc1nnc(CCN2CCC(F)(F)C2)n1C1CC1. The van der Waals surface area contributed by atoms with E-state index in [0.717, 1.165) is 35.6 Å². The maximum Gasteiger partial charge on any atom is 0.261 e. The van der Waals surface area contributed by atoms with Gasteiger partial charge in [-0.3, -0.25) is 9.69 Å². The lowest BCUT2D eigenvalue weighted by Crippen LogP contribution is -2.27. The minimum absolute atomic E-state index is 0.0677. The molecule has 8 heteroatoms. The molecule has 2 aromatic rings. The lowest BCUT2D eigenvalue weighted by molar-refractivity contribution is -0.118. The number of ketones is 1. The molecule has 1 saturated heterocycles. The largest absolute Gasteiger partial charge is 0.312 e. The van der Waals surface area contributed by atoms with Crippen molar-refractivity contribution in [1.29, 1.82) is 0 Å². The number of aryl methyl sites for hydroxylation is 1. The van der Waals surface area contributed by atoms with Crippen molar-refractivity contribution in [2.24, 2.45) is 0 Å². The molecule has 2 fully saturated rings. The third-order valence-corrected chi connectivity index (χ3v) is 6.45. The van der Waals surface area contributed by atoms with E-state index in [2.05, 4.69) is 14.8 Å². The monoisotopic (exact) mass is 436 g/mol. The van der Waals surface area contributed by atoms with Gasteiger partial charge in [-0.1, -0.05) is 23.7 Å². The average molecular weight is 437 g/mol. The highest BCUT2D eigenvalue weighted by Gasteiger charge is 2.38. The first-order valence-electron chi connectivity index (χ1n) is 10.6. The third kappa shape index (κ3) is 5.06. The first-order valence-corrected chi connectivity index (χ1v) is 11.0. The number of aromatic nitrogens is 3. The van der Waals surface area contributed by atoms with Gasteiger partial charge in [0, 0.05) is 56.3 Å². The Morgan fingerprint density at radius 2 is 1.97 bits per heavy atom. The van der Waals surface area contributed by atoms with E-state index in [1.165, 1.54) is 0 Å².